The molecule has 2 rings (SSSR count). The van der Waals surface area contributed by atoms with Gasteiger partial charge in [0.15, 0.2) is 0 Å². The van der Waals surface area contributed by atoms with Crippen LogP contribution in [0.5, 0.6) is 0 Å². The Hall–Kier alpha value is -1.27. The van der Waals surface area contributed by atoms with Crippen LogP contribution in [0.15, 0.2) is 15.0 Å². The Bertz CT molecular complexity index is 647. The van der Waals surface area contributed by atoms with E-state index in [0.717, 1.165) is 38.6 Å². The first-order valence-electron chi connectivity index (χ1n) is 6.06. The summed E-state index contributed by atoms with van der Waals surface area (Å²) in [4.78, 5) is 0. The summed E-state index contributed by atoms with van der Waals surface area (Å²) in [5.74, 6) is 0.955. The largest absolute Gasteiger partial charge is 0.445 e. The fourth-order valence-electron chi connectivity index (χ4n) is 2.36. The van der Waals surface area contributed by atoms with Gasteiger partial charge < -0.3 is 4.42 Å². The zero-order chi connectivity index (χ0) is 13.4. The average Bonchev–Trinajstić information content (AvgIpc) is 2.63. The number of nitriles is 1. The lowest BCUT2D eigenvalue weighted by atomic mass is 9.97. The standard InChI is InChI=1S/C15H16BrNO/c1-8(2)5-11-13(7-17)18-12-6-9(3)15(16)10(4)14(11)12/h6,8H,5H2,1-4H3. The van der Waals surface area contributed by atoms with E-state index in [-0.39, 0.29) is 0 Å². The van der Waals surface area contributed by atoms with Gasteiger partial charge in [-0.1, -0.05) is 29.8 Å². The topological polar surface area (TPSA) is 36.9 Å². The molecule has 0 spiro atoms. The third-order valence-corrected chi connectivity index (χ3v) is 4.37. The van der Waals surface area contributed by atoms with Crippen molar-refractivity contribution < 1.29 is 4.42 Å². The van der Waals surface area contributed by atoms with Crippen LogP contribution in [0.4, 0.5) is 0 Å². The van der Waals surface area contributed by atoms with E-state index in [9.17, 15) is 5.26 Å². The highest BCUT2D eigenvalue weighted by Gasteiger charge is 2.19. The van der Waals surface area contributed by atoms with Gasteiger partial charge in [0.1, 0.15) is 11.7 Å². The number of furan rings is 1. The molecule has 1 heterocycles. The van der Waals surface area contributed by atoms with Crippen LogP contribution in [-0.2, 0) is 6.42 Å². The summed E-state index contributed by atoms with van der Waals surface area (Å²) in [5.41, 5.74) is 4.15. The minimum Gasteiger partial charge on any atom is -0.445 e. The molecule has 0 radical (unpaired) electrons. The molecule has 18 heavy (non-hydrogen) atoms. The lowest BCUT2D eigenvalue weighted by molar-refractivity contribution is 0.579. The SMILES string of the molecule is Cc1cc2oc(C#N)c(CC(C)C)c2c(C)c1Br. The van der Waals surface area contributed by atoms with Gasteiger partial charge in [0, 0.05) is 15.4 Å². The fourth-order valence-corrected chi connectivity index (χ4v) is 2.67. The van der Waals surface area contributed by atoms with Gasteiger partial charge in [0.2, 0.25) is 5.76 Å². The third-order valence-electron chi connectivity index (χ3n) is 3.15. The highest BCUT2D eigenvalue weighted by atomic mass is 79.9. The maximum atomic E-state index is 9.21. The van der Waals surface area contributed by atoms with Crippen LogP contribution in [-0.4, -0.2) is 0 Å². The van der Waals surface area contributed by atoms with Crippen molar-refractivity contribution in [3.63, 3.8) is 0 Å². The number of halogens is 1. The van der Waals surface area contributed by atoms with Crippen molar-refractivity contribution in [1.29, 1.82) is 5.26 Å². The van der Waals surface area contributed by atoms with E-state index in [1.807, 2.05) is 13.0 Å². The number of rotatable bonds is 2. The van der Waals surface area contributed by atoms with Crippen LogP contribution in [0.1, 0.15) is 36.3 Å². The molecule has 2 nitrogen and oxygen atoms in total. The Morgan fingerprint density at radius 2 is 2.06 bits per heavy atom. The molecule has 0 aliphatic carbocycles. The molecule has 94 valence electrons. The normalized spacial score (nSPS) is 11.2. The Kier molecular flexibility index (Phi) is 3.49. The molecule has 0 N–H and O–H groups in total. The Balaban J connectivity index is 2.82. The molecule has 0 unspecified atom stereocenters. The molecule has 0 bridgehead atoms. The van der Waals surface area contributed by atoms with E-state index in [4.69, 9.17) is 4.42 Å². The van der Waals surface area contributed by atoms with E-state index in [1.54, 1.807) is 0 Å². The molecular weight excluding hydrogens is 290 g/mol. The number of fused-ring (bicyclic) bond motifs is 1. The molecule has 0 saturated heterocycles. The summed E-state index contributed by atoms with van der Waals surface area (Å²) < 4.78 is 6.79. The predicted molar refractivity (Wildman–Crippen MR) is 76.6 cm³/mol. The smallest absolute Gasteiger partial charge is 0.207 e. The Morgan fingerprint density at radius 3 is 2.61 bits per heavy atom. The maximum Gasteiger partial charge on any atom is 0.207 e. The molecule has 0 fully saturated rings. The van der Waals surface area contributed by atoms with Gasteiger partial charge in [0.05, 0.1) is 0 Å². The van der Waals surface area contributed by atoms with E-state index in [1.165, 1.54) is 0 Å². The lowest BCUT2D eigenvalue weighted by Gasteiger charge is -2.07. The Morgan fingerprint density at radius 1 is 1.39 bits per heavy atom. The molecule has 0 saturated carbocycles. The summed E-state index contributed by atoms with van der Waals surface area (Å²) in [6.45, 7) is 8.41. The monoisotopic (exact) mass is 305 g/mol. The number of benzene rings is 1. The van der Waals surface area contributed by atoms with Crippen LogP contribution in [0.2, 0.25) is 0 Å². The number of hydrogen-bond donors (Lipinski definition) is 0. The van der Waals surface area contributed by atoms with Crippen LogP contribution >= 0.6 is 15.9 Å². The van der Waals surface area contributed by atoms with Crippen LogP contribution in [0, 0.1) is 31.1 Å². The summed E-state index contributed by atoms with van der Waals surface area (Å²) in [5, 5.41) is 10.3. The van der Waals surface area contributed by atoms with E-state index < -0.39 is 0 Å². The first kappa shape index (κ1) is 13.2. The van der Waals surface area contributed by atoms with Crippen LogP contribution in [0.3, 0.4) is 0 Å². The average molecular weight is 306 g/mol. The van der Waals surface area contributed by atoms with Crippen molar-refractivity contribution in [3.8, 4) is 6.07 Å². The quantitative estimate of drug-likeness (QED) is 0.792. The lowest BCUT2D eigenvalue weighted by Crippen LogP contribution is -1.96. The molecule has 0 aliphatic heterocycles. The minimum atomic E-state index is 0.458. The van der Waals surface area contributed by atoms with Crippen LogP contribution < -0.4 is 0 Å². The van der Waals surface area contributed by atoms with Gasteiger partial charge in [-0.25, -0.2) is 0 Å². The third kappa shape index (κ3) is 2.06. The highest BCUT2D eigenvalue weighted by molar-refractivity contribution is 9.10. The van der Waals surface area contributed by atoms with Crippen molar-refractivity contribution >= 4 is 26.9 Å². The summed E-state index contributed by atoms with van der Waals surface area (Å²) in [6, 6.07) is 4.17. The van der Waals surface area contributed by atoms with Crippen molar-refractivity contribution in [3.05, 3.63) is 33.0 Å². The molecule has 0 aliphatic rings. The van der Waals surface area contributed by atoms with E-state index >= 15 is 0 Å². The molecule has 3 heteroatoms. The highest BCUT2D eigenvalue weighted by Crippen LogP contribution is 2.35. The van der Waals surface area contributed by atoms with Gasteiger partial charge in [-0.15, -0.1) is 0 Å². The first-order chi connectivity index (χ1) is 8.45. The van der Waals surface area contributed by atoms with Gasteiger partial charge in [-0.2, -0.15) is 5.26 Å². The van der Waals surface area contributed by atoms with Gasteiger partial charge in [-0.3, -0.25) is 0 Å². The molecular formula is C15H16BrNO. The number of nitrogens with zero attached hydrogens (tertiary/aromatic N) is 1. The van der Waals surface area contributed by atoms with Crippen LogP contribution in [0.25, 0.3) is 11.0 Å². The van der Waals surface area contributed by atoms with Gasteiger partial charge >= 0.3 is 0 Å². The fraction of sp³-hybridized carbons (Fsp3) is 0.400. The molecule has 0 atom stereocenters. The van der Waals surface area contributed by atoms with Crippen molar-refractivity contribution in [1.82, 2.24) is 0 Å². The summed E-state index contributed by atoms with van der Waals surface area (Å²) >= 11 is 3.61. The second kappa shape index (κ2) is 4.78. The second-order valence-electron chi connectivity index (χ2n) is 5.13. The Labute approximate surface area is 116 Å². The second-order valence-corrected chi connectivity index (χ2v) is 5.92. The zero-order valence-corrected chi connectivity index (χ0v) is 12.7. The zero-order valence-electron chi connectivity index (χ0n) is 11.1. The molecule has 1 aromatic heterocycles. The van der Waals surface area contributed by atoms with Crippen molar-refractivity contribution in [2.24, 2.45) is 5.92 Å². The van der Waals surface area contributed by atoms with E-state index in [0.29, 0.717) is 11.7 Å². The van der Waals surface area contributed by atoms with Crippen molar-refractivity contribution in [2.75, 3.05) is 0 Å². The maximum absolute atomic E-state index is 9.21. The van der Waals surface area contributed by atoms with Crippen molar-refractivity contribution in [2.45, 2.75) is 34.1 Å². The molecule has 0 amide bonds. The summed E-state index contributed by atoms with van der Waals surface area (Å²) in [6.07, 6.45) is 0.867. The minimum absolute atomic E-state index is 0.458. The van der Waals surface area contributed by atoms with E-state index in [2.05, 4.69) is 42.8 Å². The first-order valence-corrected chi connectivity index (χ1v) is 6.86. The predicted octanol–water partition coefficient (Wildman–Crippen LogP) is 4.88. The molecule has 1 aromatic carbocycles. The summed E-state index contributed by atoms with van der Waals surface area (Å²) in [7, 11) is 0. The molecule has 2 aromatic rings. The number of aryl methyl sites for hydroxylation is 2. The number of hydrogen-bond acceptors (Lipinski definition) is 2. The van der Waals surface area contributed by atoms with Gasteiger partial charge in [0.25, 0.3) is 0 Å². The van der Waals surface area contributed by atoms with Gasteiger partial charge in [-0.05, 0) is 43.4 Å².